The Morgan fingerprint density at radius 1 is 0.541 bits per heavy atom. The third kappa shape index (κ3) is 46.5. The van der Waals surface area contributed by atoms with Crippen molar-refractivity contribution in [3.05, 3.63) is 36.5 Å². The highest BCUT2D eigenvalue weighted by molar-refractivity contribution is 7.47. The van der Waals surface area contributed by atoms with E-state index in [4.69, 9.17) is 9.05 Å². The summed E-state index contributed by atoms with van der Waals surface area (Å²) in [6.45, 7) is 4.80. The molecule has 0 aliphatic heterocycles. The number of amides is 1. The van der Waals surface area contributed by atoms with Crippen LogP contribution in [0.5, 0.6) is 0 Å². The van der Waals surface area contributed by atoms with Gasteiger partial charge in [0.1, 0.15) is 13.2 Å². The third-order valence-corrected chi connectivity index (χ3v) is 12.6. The highest BCUT2D eigenvalue weighted by Gasteiger charge is 2.27. The van der Waals surface area contributed by atoms with E-state index in [0.29, 0.717) is 17.4 Å². The summed E-state index contributed by atoms with van der Waals surface area (Å²) < 4.78 is 23.6. The van der Waals surface area contributed by atoms with E-state index in [1.807, 2.05) is 27.2 Å². The van der Waals surface area contributed by atoms with Crippen molar-refractivity contribution >= 4 is 13.7 Å². The molecule has 0 spiro atoms. The van der Waals surface area contributed by atoms with Crippen molar-refractivity contribution in [3.63, 3.8) is 0 Å². The number of aliphatic hydroxyl groups is 1. The van der Waals surface area contributed by atoms with Crippen LogP contribution >= 0.6 is 7.82 Å². The molecule has 3 unspecified atom stereocenters. The Balaban J connectivity index is 4.23. The van der Waals surface area contributed by atoms with Gasteiger partial charge in [-0.1, -0.05) is 211 Å². The summed E-state index contributed by atoms with van der Waals surface area (Å²) in [5.74, 6) is -0.186. The molecule has 0 saturated heterocycles. The minimum Gasteiger partial charge on any atom is -0.387 e. The number of aliphatic hydroxyl groups excluding tert-OH is 1. The number of nitrogens with one attached hydrogen (secondary N) is 1. The first-order chi connectivity index (χ1) is 29.5. The first-order valence-electron chi connectivity index (χ1n) is 25.9. The number of likely N-dealkylation sites (N-methyl/N-ethyl adjacent to an activating group) is 1. The van der Waals surface area contributed by atoms with Gasteiger partial charge in [-0.15, -0.1) is 0 Å². The SMILES string of the molecule is CCCCCCCCCC/C=C\CCCCCCCCCCCCCCCC(=O)NC(COP(=O)(O)OCC[N+](C)(C)C)C(O)/C=C/CC/C=C/CCCCCCCCCC. The monoisotopic (exact) mass is 882 g/mol. The standard InChI is InChI=1S/C52H101N2O6P/c1-6-8-10-12-14-16-18-20-22-23-24-25-26-27-28-29-30-31-32-34-36-38-40-42-44-46-52(56)53-50(49-60-61(57,58)59-48-47-54(3,4)5)51(55)45-43-41-39-37-35-33-21-19-17-15-13-11-9-7-2/h23-24,35,37,43,45,50-51,55H,6-22,25-34,36,38-42,44,46-49H2,1-5H3,(H-,53,56,57,58)/p+1/b24-23-,37-35+,45-43+. The molecule has 0 heterocycles. The van der Waals surface area contributed by atoms with E-state index in [-0.39, 0.29) is 19.1 Å². The number of quaternary nitrogens is 1. The fraction of sp³-hybridized carbons (Fsp3) is 0.865. The molecular formula is C52H102N2O6P+. The average Bonchev–Trinajstić information content (AvgIpc) is 3.21. The highest BCUT2D eigenvalue weighted by Crippen LogP contribution is 2.43. The number of phosphoric ester groups is 1. The van der Waals surface area contributed by atoms with Crippen LogP contribution in [0.3, 0.4) is 0 Å². The Hall–Kier alpha value is -1.28. The molecule has 0 fully saturated rings. The minimum absolute atomic E-state index is 0.0568. The van der Waals surface area contributed by atoms with E-state index >= 15 is 0 Å². The largest absolute Gasteiger partial charge is 0.472 e. The van der Waals surface area contributed by atoms with E-state index in [0.717, 1.165) is 38.5 Å². The number of rotatable bonds is 47. The van der Waals surface area contributed by atoms with Crippen molar-refractivity contribution in [1.29, 1.82) is 0 Å². The second kappa shape index (κ2) is 43.9. The summed E-state index contributed by atoms with van der Waals surface area (Å²) in [7, 11) is 1.56. The van der Waals surface area contributed by atoms with Crippen molar-refractivity contribution in [2.24, 2.45) is 0 Å². The molecule has 3 atom stereocenters. The molecule has 0 aromatic heterocycles. The van der Waals surface area contributed by atoms with E-state index in [9.17, 15) is 19.4 Å². The summed E-state index contributed by atoms with van der Waals surface area (Å²) in [5, 5.41) is 13.8. The van der Waals surface area contributed by atoms with Crippen LogP contribution in [-0.4, -0.2) is 73.4 Å². The number of nitrogens with zero attached hydrogens (tertiary/aromatic N) is 1. The Labute approximate surface area is 378 Å². The first kappa shape index (κ1) is 59.7. The van der Waals surface area contributed by atoms with Crippen LogP contribution in [-0.2, 0) is 18.4 Å². The van der Waals surface area contributed by atoms with Gasteiger partial charge >= 0.3 is 7.82 Å². The molecule has 0 aromatic rings. The molecule has 360 valence electrons. The lowest BCUT2D eigenvalue weighted by Crippen LogP contribution is -2.45. The topological polar surface area (TPSA) is 105 Å². The maximum atomic E-state index is 12.9. The van der Waals surface area contributed by atoms with Gasteiger partial charge < -0.3 is 19.8 Å². The molecule has 0 rings (SSSR count). The Morgan fingerprint density at radius 2 is 0.902 bits per heavy atom. The van der Waals surface area contributed by atoms with Gasteiger partial charge in [0.25, 0.3) is 0 Å². The third-order valence-electron chi connectivity index (χ3n) is 11.6. The van der Waals surface area contributed by atoms with Crippen molar-refractivity contribution in [3.8, 4) is 0 Å². The number of allylic oxidation sites excluding steroid dienone is 5. The first-order valence-corrected chi connectivity index (χ1v) is 27.4. The van der Waals surface area contributed by atoms with Crippen molar-refractivity contribution < 1.29 is 32.9 Å². The Bertz CT molecular complexity index is 1090. The fourth-order valence-corrected chi connectivity index (χ4v) is 8.20. The van der Waals surface area contributed by atoms with Crippen molar-refractivity contribution in [1.82, 2.24) is 5.32 Å². The Morgan fingerprint density at radius 3 is 1.31 bits per heavy atom. The summed E-state index contributed by atoms with van der Waals surface area (Å²) >= 11 is 0. The molecule has 0 bridgehead atoms. The predicted octanol–water partition coefficient (Wildman–Crippen LogP) is 15.0. The van der Waals surface area contributed by atoms with Crippen LogP contribution in [0.25, 0.3) is 0 Å². The van der Waals surface area contributed by atoms with Crippen LogP contribution in [0, 0.1) is 0 Å². The van der Waals surface area contributed by atoms with Crippen LogP contribution in [0.2, 0.25) is 0 Å². The van der Waals surface area contributed by atoms with Gasteiger partial charge in [0, 0.05) is 6.42 Å². The molecule has 61 heavy (non-hydrogen) atoms. The number of phosphoric acid groups is 1. The number of carbonyl (C=O) groups excluding carboxylic acids is 1. The summed E-state index contributed by atoms with van der Waals surface area (Å²) in [6.07, 6.45) is 55.2. The zero-order valence-corrected chi connectivity index (χ0v) is 41.8. The molecule has 3 N–H and O–H groups in total. The minimum atomic E-state index is -4.35. The van der Waals surface area contributed by atoms with E-state index < -0.39 is 20.0 Å². The molecule has 0 aliphatic rings. The van der Waals surface area contributed by atoms with Gasteiger partial charge in [-0.05, 0) is 57.8 Å². The highest BCUT2D eigenvalue weighted by atomic mass is 31.2. The van der Waals surface area contributed by atoms with Gasteiger partial charge in [0.15, 0.2) is 0 Å². The zero-order chi connectivity index (χ0) is 45.0. The van der Waals surface area contributed by atoms with Gasteiger partial charge in [0.2, 0.25) is 5.91 Å². The molecule has 1 amide bonds. The lowest BCUT2D eigenvalue weighted by atomic mass is 10.0. The van der Waals surface area contributed by atoms with E-state index in [2.05, 4.69) is 43.5 Å². The second-order valence-electron chi connectivity index (χ2n) is 18.9. The lowest BCUT2D eigenvalue weighted by Gasteiger charge is -2.25. The van der Waals surface area contributed by atoms with Crippen LogP contribution in [0.15, 0.2) is 36.5 Å². The lowest BCUT2D eigenvalue weighted by molar-refractivity contribution is -0.870. The smallest absolute Gasteiger partial charge is 0.387 e. The molecule has 8 nitrogen and oxygen atoms in total. The van der Waals surface area contributed by atoms with Gasteiger partial charge in [-0.2, -0.15) is 0 Å². The average molecular weight is 882 g/mol. The molecule has 0 radical (unpaired) electrons. The van der Waals surface area contributed by atoms with Crippen molar-refractivity contribution in [2.45, 2.75) is 251 Å². The maximum absolute atomic E-state index is 12.9. The second-order valence-corrected chi connectivity index (χ2v) is 20.3. The summed E-state index contributed by atoms with van der Waals surface area (Å²) in [5.41, 5.74) is 0. The van der Waals surface area contributed by atoms with Gasteiger partial charge in [-0.3, -0.25) is 13.8 Å². The van der Waals surface area contributed by atoms with Gasteiger partial charge in [0.05, 0.1) is 39.9 Å². The molecule has 9 heteroatoms. The van der Waals surface area contributed by atoms with Crippen LogP contribution in [0.1, 0.15) is 239 Å². The number of hydrogen-bond donors (Lipinski definition) is 3. The zero-order valence-electron chi connectivity index (χ0n) is 40.9. The van der Waals surface area contributed by atoms with Gasteiger partial charge in [-0.25, -0.2) is 4.57 Å². The molecular weight excluding hydrogens is 780 g/mol. The molecule has 0 aromatic carbocycles. The normalized spacial score (nSPS) is 14.4. The predicted molar refractivity (Wildman–Crippen MR) is 263 cm³/mol. The van der Waals surface area contributed by atoms with E-state index in [1.165, 1.54) is 180 Å². The quantitative estimate of drug-likeness (QED) is 0.0243. The van der Waals surface area contributed by atoms with E-state index in [1.54, 1.807) is 6.08 Å². The fourth-order valence-electron chi connectivity index (χ4n) is 7.46. The number of carbonyl (C=O) groups is 1. The maximum Gasteiger partial charge on any atom is 0.472 e. The Kier molecular flexibility index (Phi) is 43.0. The number of hydrogen-bond acceptors (Lipinski definition) is 5. The number of unbranched alkanes of at least 4 members (excludes halogenated alkanes) is 30. The van der Waals surface area contributed by atoms with Crippen LogP contribution < -0.4 is 5.32 Å². The van der Waals surface area contributed by atoms with Crippen molar-refractivity contribution in [2.75, 3.05) is 40.9 Å². The summed E-state index contributed by atoms with van der Waals surface area (Å²) in [6, 6.07) is -0.861. The molecule has 0 aliphatic carbocycles. The molecule has 0 saturated carbocycles. The summed E-state index contributed by atoms with van der Waals surface area (Å²) in [4.78, 5) is 23.2. The van der Waals surface area contributed by atoms with Crippen LogP contribution in [0.4, 0.5) is 0 Å².